The number of nitrogens with one attached hydrogen (secondary N) is 1. The van der Waals surface area contributed by atoms with Crippen LogP contribution in [0.4, 0.5) is 11.4 Å². The Morgan fingerprint density at radius 2 is 2.35 bits per heavy atom. The van der Waals surface area contributed by atoms with Gasteiger partial charge in [-0.15, -0.1) is 0 Å². The summed E-state index contributed by atoms with van der Waals surface area (Å²) >= 11 is 0. The van der Waals surface area contributed by atoms with Crippen molar-refractivity contribution in [3.05, 3.63) is 33.9 Å². The van der Waals surface area contributed by atoms with Gasteiger partial charge in [0.2, 0.25) is 0 Å². The molecule has 7 nitrogen and oxygen atoms in total. The lowest BCUT2D eigenvalue weighted by Gasteiger charge is -2.16. The lowest BCUT2D eigenvalue weighted by atomic mass is 10.1. The molecule has 1 heterocycles. The highest BCUT2D eigenvalue weighted by molar-refractivity contribution is 5.96. The Hall–Kier alpha value is -2.15. The number of likely N-dealkylation sites (tertiary alicyclic amines) is 1. The molecule has 7 heteroatoms. The van der Waals surface area contributed by atoms with Crippen LogP contribution in [-0.2, 0) is 0 Å². The smallest absolute Gasteiger partial charge is 0.293 e. The number of nitrogen functional groups attached to an aromatic ring is 1. The number of hydrogen-bond acceptors (Lipinski definition) is 5. The van der Waals surface area contributed by atoms with E-state index in [4.69, 9.17) is 5.84 Å². The van der Waals surface area contributed by atoms with E-state index in [1.807, 2.05) is 0 Å². The third-order valence-electron chi connectivity index (χ3n) is 3.75. The largest absolute Gasteiger partial charge is 0.338 e. The van der Waals surface area contributed by atoms with Gasteiger partial charge in [-0.1, -0.05) is 13.3 Å². The lowest BCUT2D eigenvalue weighted by Crippen LogP contribution is -2.28. The van der Waals surface area contributed by atoms with Crippen molar-refractivity contribution >= 4 is 17.3 Å². The molecule has 2 rings (SSSR count). The number of rotatable bonds is 4. The maximum atomic E-state index is 12.3. The van der Waals surface area contributed by atoms with E-state index in [1.165, 1.54) is 18.2 Å². The second-order valence-corrected chi connectivity index (χ2v) is 4.95. The molecule has 1 aromatic rings. The number of nitrogens with zero attached hydrogens (tertiary/aromatic N) is 2. The number of nitro groups is 1. The monoisotopic (exact) mass is 278 g/mol. The first kappa shape index (κ1) is 14.3. The van der Waals surface area contributed by atoms with Crippen LogP contribution in [0.25, 0.3) is 0 Å². The second kappa shape index (κ2) is 5.87. The zero-order valence-electron chi connectivity index (χ0n) is 11.3. The zero-order valence-corrected chi connectivity index (χ0v) is 11.3. The molecule has 0 aliphatic carbocycles. The van der Waals surface area contributed by atoms with Crippen LogP contribution in [0.1, 0.15) is 30.1 Å². The van der Waals surface area contributed by atoms with E-state index in [1.54, 1.807) is 4.90 Å². The Labute approximate surface area is 116 Å². The van der Waals surface area contributed by atoms with Crippen LogP contribution < -0.4 is 11.3 Å². The molecule has 1 amide bonds. The fraction of sp³-hybridized carbons (Fsp3) is 0.462. The molecule has 108 valence electrons. The fourth-order valence-corrected chi connectivity index (χ4v) is 2.48. The molecular weight excluding hydrogens is 260 g/mol. The number of amides is 1. The third-order valence-corrected chi connectivity index (χ3v) is 3.75. The van der Waals surface area contributed by atoms with Crippen LogP contribution in [0, 0.1) is 16.0 Å². The van der Waals surface area contributed by atoms with Gasteiger partial charge in [-0.25, -0.2) is 0 Å². The molecule has 1 aromatic carbocycles. The number of benzene rings is 1. The molecule has 20 heavy (non-hydrogen) atoms. The standard InChI is InChI=1S/C13H18N4O3/c1-2-9-5-6-16(8-9)13(18)10-3-4-12(17(19)20)11(7-10)15-14/h3-4,7,9,15H,2,5-6,8,14H2,1H3. The van der Waals surface area contributed by atoms with Gasteiger partial charge in [-0.05, 0) is 24.5 Å². The average molecular weight is 278 g/mol. The Kier molecular flexibility index (Phi) is 4.19. The minimum atomic E-state index is -0.535. The predicted molar refractivity (Wildman–Crippen MR) is 75.2 cm³/mol. The molecule has 0 radical (unpaired) electrons. The summed E-state index contributed by atoms with van der Waals surface area (Å²) in [5, 5.41) is 10.8. The third kappa shape index (κ3) is 2.72. The first-order valence-electron chi connectivity index (χ1n) is 6.61. The van der Waals surface area contributed by atoms with Crippen LogP contribution >= 0.6 is 0 Å². The van der Waals surface area contributed by atoms with Gasteiger partial charge in [0, 0.05) is 24.7 Å². The molecule has 1 unspecified atom stereocenters. The molecule has 0 bridgehead atoms. The molecular formula is C13H18N4O3. The second-order valence-electron chi connectivity index (χ2n) is 4.95. The van der Waals surface area contributed by atoms with Crippen molar-refractivity contribution in [3.63, 3.8) is 0 Å². The predicted octanol–water partition coefficient (Wildman–Crippen LogP) is 1.75. The summed E-state index contributed by atoms with van der Waals surface area (Å²) in [6, 6.07) is 4.20. The quantitative estimate of drug-likeness (QED) is 0.496. The molecule has 1 aliphatic rings. The van der Waals surface area contributed by atoms with Gasteiger partial charge in [0.05, 0.1) is 4.92 Å². The summed E-state index contributed by atoms with van der Waals surface area (Å²) in [7, 11) is 0. The van der Waals surface area contributed by atoms with Gasteiger partial charge in [0.15, 0.2) is 0 Å². The van der Waals surface area contributed by atoms with Crippen molar-refractivity contribution in [1.82, 2.24) is 4.90 Å². The van der Waals surface area contributed by atoms with E-state index in [0.717, 1.165) is 25.9 Å². The zero-order chi connectivity index (χ0) is 14.7. The van der Waals surface area contributed by atoms with Gasteiger partial charge in [-0.3, -0.25) is 20.8 Å². The van der Waals surface area contributed by atoms with Crippen molar-refractivity contribution in [2.75, 3.05) is 18.5 Å². The van der Waals surface area contributed by atoms with Crippen LogP contribution in [0.3, 0.4) is 0 Å². The van der Waals surface area contributed by atoms with Crippen molar-refractivity contribution in [2.24, 2.45) is 11.8 Å². The van der Waals surface area contributed by atoms with E-state index in [-0.39, 0.29) is 17.3 Å². The molecule has 1 aliphatic heterocycles. The first-order chi connectivity index (χ1) is 9.56. The number of hydrazine groups is 1. The summed E-state index contributed by atoms with van der Waals surface area (Å²) in [6.45, 7) is 3.60. The van der Waals surface area contributed by atoms with E-state index in [0.29, 0.717) is 11.5 Å². The number of anilines is 1. The van der Waals surface area contributed by atoms with Crippen LogP contribution in [0.5, 0.6) is 0 Å². The fourth-order valence-electron chi connectivity index (χ4n) is 2.48. The Morgan fingerprint density at radius 3 is 2.90 bits per heavy atom. The maximum absolute atomic E-state index is 12.3. The molecule has 3 N–H and O–H groups in total. The van der Waals surface area contributed by atoms with Crippen LogP contribution in [0.15, 0.2) is 18.2 Å². The number of nitrogens with two attached hydrogens (primary N) is 1. The van der Waals surface area contributed by atoms with Gasteiger partial charge < -0.3 is 10.3 Å². The molecule has 0 spiro atoms. The lowest BCUT2D eigenvalue weighted by molar-refractivity contribution is -0.384. The number of carbonyl (C=O) groups is 1. The minimum absolute atomic E-state index is 0.104. The maximum Gasteiger partial charge on any atom is 0.293 e. The number of hydrogen-bond donors (Lipinski definition) is 2. The normalized spacial score (nSPS) is 18.1. The van der Waals surface area contributed by atoms with Crippen molar-refractivity contribution in [1.29, 1.82) is 0 Å². The Balaban J connectivity index is 2.21. The summed E-state index contributed by atoms with van der Waals surface area (Å²) < 4.78 is 0. The molecule has 0 aromatic heterocycles. The Bertz CT molecular complexity index is 532. The molecule has 1 atom stereocenters. The van der Waals surface area contributed by atoms with Gasteiger partial charge in [-0.2, -0.15) is 0 Å². The minimum Gasteiger partial charge on any atom is -0.338 e. The Morgan fingerprint density at radius 1 is 1.60 bits per heavy atom. The molecule has 1 fully saturated rings. The molecule has 0 saturated carbocycles. The van der Waals surface area contributed by atoms with Crippen molar-refractivity contribution in [3.8, 4) is 0 Å². The average Bonchev–Trinajstić information content (AvgIpc) is 2.94. The van der Waals surface area contributed by atoms with Gasteiger partial charge >= 0.3 is 0 Å². The van der Waals surface area contributed by atoms with E-state index in [9.17, 15) is 14.9 Å². The van der Waals surface area contributed by atoms with Gasteiger partial charge in [0.25, 0.3) is 11.6 Å². The van der Waals surface area contributed by atoms with Crippen molar-refractivity contribution in [2.45, 2.75) is 19.8 Å². The summed E-state index contributed by atoms with van der Waals surface area (Å²) in [5.41, 5.74) is 2.69. The SMILES string of the molecule is CCC1CCN(C(=O)c2ccc([N+](=O)[O-])c(NN)c2)C1. The topological polar surface area (TPSA) is 102 Å². The summed E-state index contributed by atoms with van der Waals surface area (Å²) in [4.78, 5) is 24.4. The number of carbonyl (C=O) groups excluding carboxylic acids is 1. The van der Waals surface area contributed by atoms with E-state index >= 15 is 0 Å². The van der Waals surface area contributed by atoms with E-state index < -0.39 is 4.92 Å². The highest BCUT2D eigenvalue weighted by Gasteiger charge is 2.26. The molecule has 1 saturated heterocycles. The van der Waals surface area contributed by atoms with Gasteiger partial charge in [0.1, 0.15) is 5.69 Å². The highest BCUT2D eigenvalue weighted by Crippen LogP contribution is 2.27. The highest BCUT2D eigenvalue weighted by atomic mass is 16.6. The van der Waals surface area contributed by atoms with E-state index in [2.05, 4.69) is 12.3 Å². The number of nitro benzene ring substituents is 1. The summed E-state index contributed by atoms with van der Waals surface area (Å²) in [6.07, 6.45) is 2.07. The van der Waals surface area contributed by atoms with Crippen molar-refractivity contribution < 1.29 is 9.72 Å². The van der Waals surface area contributed by atoms with Crippen LogP contribution in [0.2, 0.25) is 0 Å². The first-order valence-corrected chi connectivity index (χ1v) is 6.61. The summed E-state index contributed by atoms with van der Waals surface area (Å²) in [5.74, 6) is 5.72. The van der Waals surface area contributed by atoms with Crippen LogP contribution in [-0.4, -0.2) is 28.8 Å².